The zero-order chi connectivity index (χ0) is 8.97. The van der Waals surface area contributed by atoms with Crippen molar-refractivity contribution in [3.05, 3.63) is 35.9 Å². The molecule has 0 spiro atoms. The monoisotopic (exact) mass is 206 g/mol. The molecule has 0 aliphatic rings. The molecule has 0 aliphatic carbocycles. The molecule has 4 heteroatoms. The quantitative estimate of drug-likeness (QED) is 0.394. The topological polar surface area (TPSA) is 43.4 Å². The average molecular weight is 206 g/mol. The molecular formula is C9H10CaO3. The Bertz CT molecular complexity index is 303. The molecule has 1 aromatic rings. The molecule has 0 aliphatic heterocycles. The van der Waals surface area contributed by atoms with Crippen molar-refractivity contribution in [1.29, 1.82) is 0 Å². The van der Waals surface area contributed by atoms with Crippen LogP contribution in [0.15, 0.2) is 30.3 Å². The summed E-state index contributed by atoms with van der Waals surface area (Å²) in [4.78, 5) is 21.4. The van der Waals surface area contributed by atoms with Crippen molar-refractivity contribution in [1.82, 2.24) is 0 Å². The molecule has 0 amide bonds. The minimum atomic E-state index is -0.608. The first-order valence-corrected chi connectivity index (χ1v) is 3.48. The van der Waals surface area contributed by atoms with E-state index in [2.05, 4.69) is 4.74 Å². The Morgan fingerprint density at radius 3 is 2.23 bits per heavy atom. The molecule has 0 atom stereocenters. The SMILES string of the molecule is CC(=O)OC(=O)c1ccccc1.[Ca+2].[H-].[H-]. The minimum Gasteiger partial charge on any atom is -1.00 e. The first-order chi connectivity index (χ1) is 5.70. The van der Waals surface area contributed by atoms with Gasteiger partial charge in [0, 0.05) is 6.92 Å². The Kier molecular flexibility index (Phi) is 5.95. The largest absolute Gasteiger partial charge is 2.00 e. The van der Waals surface area contributed by atoms with Crippen molar-refractivity contribution in [2.45, 2.75) is 6.92 Å². The van der Waals surface area contributed by atoms with Crippen LogP contribution >= 0.6 is 0 Å². The first-order valence-electron chi connectivity index (χ1n) is 3.48. The molecular weight excluding hydrogens is 196 g/mol. The smallest absolute Gasteiger partial charge is 1.00 e. The van der Waals surface area contributed by atoms with Gasteiger partial charge in [0.05, 0.1) is 5.56 Å². The van der Waals surface area contributed by atoms with Crippen LogP contribution in [0.2, 0.25) is 0 Å². The summed E-state index contributed by atoms with van der Waals surface area (Å²) in [6.45, 7) is 1.20. The number of benzene rings is 1. The molecule has 1 rings (SSSR count). The van der Waals surface area contributed by atoms with Crippen LogP contribution in [0.4, 0.5) is 0 Å². The summed E-state index contributed by atoms with van der Waals surface area (Å²) < 4.78 is 4.36. The van der Waals surface area contributed by atoms with Crippen LogP contribution in [0.25, 0.3) is 0 Å². The summed E-state index contributed by atoms with van der Waals surface area (Å²) in [5, 5.41) is 0. The maximum atomic E-state index is 11.0. The van der Waals surface area contributed by atoms with E-state index in [0.717, 1.165) is 0 Å². The maximum absolute atomic E-state index is 11.0. The molecule has 0 radical (unpaired) electrons. The Hall–Kier alpha value is -0.380. The second kappa shape index (κ2) is 6.13. The molecule has 0 bridgehead atoms. The Balaban J connectivity index is -0.000000480. The van der Waals surface area contributed by atoms with Crippen molar-refractivity contribution in [3.8, 4) is 0 Å². The Labute approximate surface area is 109 Å². The molecule has 0 unspecified atom stereocenters. The van der Waals surface area contributed by atoms with E-state index in [1.54, 1.807) is 30.3 Å². The van der Waals surface area contributed by atoms with E-state index in [1.165, 1.54) is 6.92 Å². The molecule has 0 saturated heterocycles. The van der Waals surface area contributed by atoms with Gasteiger partial charge in [0.2, 0.25) is 0 Å². The molecule has 0 saturated carbocycles. The van der Waals surface area contributed by atoms with Gasteiger partial charge in [-0.3, -0.25) is 4.79 Å². The van der Waals surface area contributed by atoms with Crippen LogP contribution < -0.4 is 0 Å². The van der Waals surface area contributed by atoms with Gasteiger partial charge in [-0.1, -0.05) is 18.2 Å². The summed E-state index contributed by atoms with van der Waals surface area (Å²) in [7, 11) is 0. The van der Waals surface area contributed by atoms with Crippen LogP contribution in [-0.2, 0) is 9.53 Å². The van der Waals surface area contributed by atoms with E-state index in [9.17, 15) is 9.59 Å². The number of carbonyl (C=O) groups is 2. The predicted octanol–water partition coefficient (Wildman–Crippen LogP) is 1.23. The molecule has 0 aromatic heterocycles. The number of hydrogen-bond donors (Lipinski definition) is 0. The second-order valence-corrected chi connectivity index (χ2v) is 2.25. The van der Waals surface area contributed by atoms with Gasteiger partial charge in [-0.25, -0.2) is 4.79 Å². The summed E-state index contributed by atoms with van der Waals surface area (Å²) in [6, 6.07) is 8.37. The van der Waals surface area contributed by atoms with E-state index in [-0.39, 0.29) is 40.6 Å². The molecule has 0 heterocycles. The Morgan fingerprint density at radius 2 is 1.77 bits per heavy atom. The van der Waals surface area contributed by atoms with Crippen molar-refractivity contribution in [2.24, 2.45) is 0 Å². The van der Waals surface area contributed by atoms with Crippen LogP contribution in [0, 0.1) is 0 Å². The normalized spacial score (nSPS) is 8.38. The zero-order valence-corrected chi connectivity index (χ0v) is 9.53. The van der Waals surface area contributed by atoms with Crippen LogP contribution in [0.3, 0.4) is 0 Å². The summed E-state index contributed by atoms with van der Waals surface area (Å²) >= 11 is 0. The third kappa shape index (κ3) is 4.41. The van der Waals surface area contributed by atoms with Crippen LogP contribution in [0.1, 0.15) is 20.1 Å². The van der Waals surface area contributed by atoms with Gasteiger partial charge < -0.3 is 7.59 Å². The van der Waals surface area contributed by atoms with Crippen LogP contribution in [0.5, 0.6) is 0 Å². The minimum absolute atomic E-state index is 0. The van der Waals surface area contributed by atoms with E-state index < -0.39 is 11.9 Å². The molecule has 13 heavy (non-hydrogen) atoms. The third-order valence-corrected chi connectivity index (χ3v) is 1.25. The zero-order valence-electron chi connectivity index (χ0n) is 9.32. The summed E-state index contributed by atoms with van der Waals surface area (Å²) in [6.07, 6.45) is 0. The van der Waals surface area contributed by atoms with Gasteiger partial charge >= 0.3 is 49.7 Å². The van der Waals surface area contributed by atoms with Crippen molar-refractivity contribution in [3.63, 3.8) is 0 Å². The van der Waals surface area contributed by atoms with Gasteiger partial charge in [0.15, 0.2) is 0 Å². The van der Waals surface area contributed by atoms with Crippen molar-refractivity contribution >= 4 is 49.7 Å². The number of hydrogen-bond acceptors (Lipinski definition) is 3. The molecule has 66 valence electrons. The number of ether oxygens (including phenoxy) is 1. The predicted molar refractivity (Wildman–Crippen MR) is 50.5 cm³/mol. The Morgan fingerprint density at radius 1 is 1.23 bits per heavy atom. The van der Waals surface area contributed by atoms with Gasteiger partial charge in [-0.15, -0.1) is 0 Å². The number of rotatable bonds is 1. The van der Waals surface area contributed by atoms with Crippen molar-refractivity contribution < 1.29 is 17.2 Å². The summed E-state index contributed by atoms with van der Waals surface area (Å²) in [5.41, 5.74) is 0.382. The summed E-state index contributed by atoms with van der Waals surface area (Å²) in [5.74, 6) is -1.20. The average Bonchev–Trinajstić information content (AvgIpc) is 2.05. The van der Waals surface area contributed by atoms with E-state index >= 15 is 0 Å². The number of esters is 2. The standard InChI is InChI=1S/C9H8O3.Ca.2H/c1-7(10)12-9(11)8-5-3-2-4-6-8;;;/h2-6H,1H3;;;/q;+2;2*-1. The van der Waals surface area contributed by atoms with Gasteiger partial charge in [-0.2, -0.15) is 0 Å². The second-order valence-electron chi connectivity index (χ2n) is 2.25. The van der Waals surface area contributed by atoms with Gasteiger partial charge in [0.25, 0.3) is 0 Å². The van der Waals surface area contributed by atoms with Crippen molar-refractivity contribution in [2.75, 3.05) is 0 Å². The number of carbonyl (C=O) groups excluding carboxylic acids is 2. The fourth-order valence-electron chi connectivity index (χ4n) is 0.764. The maximum Gasteiger partial charge on any atom is 2.00 e. The van der Waals surface area contributed by atoms with E-state index in [4.69, 9.17) is 0 Å². The van der Waals surface area contributed by atoms with E-state index in [0.29, 0.717) is 5.56 Å². The molecule has 0 fully saturated rings. The fourth-order valence-corrected chi connectivity index (χ4v) is 0.764. The van der Waals surface area contributed by atoms with E-state index in [1.807, 2.05) is 0 Å². The molecule has 0 N–H and O–H groups in total. The first kappa shape index (κ1) is 12.6. The van der Waals surface area contributed by atoms with Crippen LogP contribution in [-0.4, -0.2) is 49.7 Å². The fraction of sp³-hybridized carbons (Fsp3) is 0.111. The van der Waals surface area contributed by atoms with Gasteiger partial charge in [0.1, 0.15) is 0 Å². The molecule has 1 aromatic carbocycles. The third-order valence-electron chi connectivity index (χ3n) is 1.25. The van der Waals surface area contributed by atoms with Gasteiger partial charge in [-0.05, 0) is 12.1 Å². The molecule has 3 nitrogen and oxygen atoms in total.